The molecular weight excluding hydrogens is 303 g/mol. The molecule has 17 heavy (non-hydrogen) atoms. The maximum atomic E-state index is 11.8. The molecule has 0 fully saturated rings. The average Bonchev–Trinajstić information content (AvgIpc) is 2.19. The van der Waals surface area contributed by atoms with Gasteiger partial charge in [0.15, 0.2) is 0 Å². The van der Waals surface area contributed by atoms with Crippen molar-refractivity contribution in [2.75, 3.05) is 12.3 Å². The van der Waals surface area contributed by atoms with Gasteiger partial charge in [0.2, 0.25) is 0 Å². The number of hydrogen-bond acceptors (Lipinski definition) is 3. The molecule has 0 amide bonds. The number of nitrogens with two attached hydrogens (primary N) is 1. The highest BCUT2D eigenvalue weighted by Gasteiger charge is 2.27. The van der Waals surface area contributed by atoms with Crippen LogP contribution >= 0.6 is 15.9 Å². The van der Waals surface area contributed by atoms with Crippen LogP contribution < -0.4 is 5.73 Å². The molecule has 0 unspecified atom stereocenters. The van der Waals surface area contributed by atoms with Crippen LogP contribution in [0.3, 0.4) is 0 Å². The number of carbonyl (C=O) groups excluding carboxylic acids is 1. The Bertz CT molecular complexity index is 421. The van der Waals surface area contributed by atoms with E-state index < -0.39 is 25.2 Å². The molecule has 1 aromatic carbocycles. The van der Waals surface area contributed by atoms with Gasteiger partial charge in [-0.3, -0.25) is 0 Å². The lowest BCUT2D eigenvalue weighted by molar-refractivity contribution is -0.141. The summed E-state index contributed by atoms with van der Waals surface area (Å²) in [6.07, 6.45) is -5.51. The molecule has 0 spiro atoms. The topological polar surface area (TPSA) is 52.3 Å². The van der Waals surface area contributed by atoms with Gasteiger partial charge in [-0.25, -0.2) is 4.79 Å². The second-order valence-corrected chi connectivity index (χ2v) is 4.09. The van der Waals surface area contributed by atoms with Crippen LogP contribution in [-0.2, 0) is 4.74 Å². The zero-order valence-corrected chi connectivity index (χ0v) is 10.1. The number of carbonyl (C=O) groups is 1. The van der Waals surface area contributed by atoms with Gasteiger partial charge in [-0.2, -0.15) is 13.2 Å². The summed E-state index contributed by atoms with van der Waals surface area (Å²) in [4.78, 5) is 11.4. The number of ether oxygens (including phenoxy) is 1. The number of anilines is 1. The van der Waals surface area contributed by atoms with Crippen LogP contribution in [0, 0.1) is 0 Å². The molecule has 0 bridgehead atoms. The molecule has 0 atom stereocenters. The number of nitrogen functional groups attached to an aromatic ring is 1. The molecule has 0 aliphatic carbocycles. The molecule has 0 radical (unpaired) electrons. The molecule has 1 aromatic rings. The third-order valence-corrected chi connectivity index (χ3v) is 2.52. The molecular formula is C10H9BrF3NO2. The van der Waals surface area contributed by atoms with Crippen LogP contribution in [0.4, 0.5) is 18.9 Å². The lowest BCUT2D eigenvalue weighted by atomic mass is 10.2. The minimum Gasteiger partial charge on any atom is -0.462 e. The lowest BCUT2D eigenvalue weighted by Crippen LogP contribution is -2.15. The van der Waals surface area contributed by atoms with Gasteiger partial charge < -0.3 is 10.5 Å². The highest BCUT2D eigenvalue weighted by Crippen LogP contribution is 2.22. The Labute approximate surface area is 104 Å². The van der Waals surface area contributed by atoms with Crippen molar-refractivity contribution in [2.45, 2.75) is 12.6 Å². The summed E-state index contributed by atoms with van der Waals surface area (Å²) in [7, 11) is 0. The molecule has 2 N–H and O–H groups in total. The largest absolute Gasteiger partial charge is 0.462 e. The highest BCUT2D eigenvalue weighted by molar-refractivity contribution is 9.10. The SMILES string of the molecule is Nc1ccc(Br)c(C(=O)OCCC(F)(F)F)c1. The van der Waals surface area contributed by atoms with E-state index in [0.717, 1.165) is 0 Å². The van der Waals surface area contributed by atoms with E-state index in [0.29, 0.717) is 10.2 Å². The van der Waals surface area contributed by atoms with Gasteiger partial charge in [0.1, 0.15) is 6.61 Å². The first-order chi connectivity index (χ1) is 7.79. The Morgan fingerprint density at radius 2 is 2.06 bits per heavy atom. The molecule has 0 saturated heterocycles. The quantitative estimate of drug-likeness (QED) is 0.689. The summed E-state index contributed by atoms with van der Waals surface area (Å²) in [5.41, 5.74) is 5.89. The summed E-state index contributed by atoms with van der Waals surface area (Å²) in [6.45, 7) is -0.705. The first-order valence-corrected chi connectivity index (χ1v) is 5.38. The van der Waals surface area contributed by atoms with E-state index in [4.69, 9.17) is 5.73 Å². The normalized spacial score (nSPS) is 11.3. The second-order valence-electron chi connectivity index (χ2n) is 3.24. The van der Waals surface area contributed by atoms with Crippen molar-refractivity contribution in [1.29, 1.82) is 0 Å². The first kappa shape index (κ1) is 13.8. The summed E-state index contributed by atoms with van der Waals surface area (Å²) in [5.74, 6) is -0.839. The van der Waals surface area contributed by atoms with E-state index >= 15 is 0 Å². The average molecular weight is 312 g/mol. The molecule has 7 heteroatoms. The number of esters is 1. The van der Waals surface area contributed by atoms with E-state index in [-0.39, 0.29) is 5.56 Å². The van der Waals surface area contributed by atoms with Gasteiger partial charge in [0.05, 0.1) is 12.0 Å². The third kappa shape index (κ3) is 4.64. The number of benzene rings is 1. The van der Waals surface area contributed by atoms with E-state index in [9.17, 15) is 18.0 Å². The standard InChI is InChI=1S/C10H9BrF3NO2/c11-8-2-1-6(15)5-7(8)9(16)17-4-3-10(12,13)14/h1-2,5H,3-4,15H2. The van der Waals surface area contributed by atoms with Crippen molar-refractivity contribution >= 4 is 27.6 Å². The molecule has 3 nitrogen and oxygen atoms in total. The molecule has 0 aliphatic rings. The van der Waals surface area contributed by atoms with E-state index in [2.05, 4.69) is 20.7 Å². The Balaban J connectivity index is 2.61. The van der Waals surface area contributed by atoms with E-state index in [1.165, 1.54) is 12.1 Å². The fourth-order valence-corrected chi connectivity index (χ4v) is 1.45. The fourth-order valence-electron chi connectivity index (χ4n) is 1.04. The zero-order valence-electron chi connectivity index (χ0n) is 8.55. The summed E-state index contributed by atoms with van der Waals surface area (Å²) in [5, 5.41) is 0. The van der Waals surface area contributed by atoms with Crippen molar-refractivity contribution in [3.05, 3.63) is 28.2 Å². The summed E-state index contributed by atoms with van der Waals surface area (Å²) < 4.78 is 40.4. The maximum absolute atomic E-state index is 11.8. The number of alkyl halides is 3. The van der Waals surface area contributed by atoms with Crippen molar-refractivity contribution < 1.29 is 22.7 Å². The van der Waals surface area contributed by atoms with Crippen molar-refractivity contribution in [1.82, 2.24) is 0 Å². The Kier molecular flexibility index (Phi) is 4.39. The summed E-state index contributed by atoms with van der Waals surface area (Å²) in [6, 6.07) is 4.41. The van der Waals surface area contributed by atoms with Gasteiger partial charge in [-0.15, -0.1) is 0 Å². The lowest BCUT2D eigenvalue weighted by Gasteiger charge is -2.08. The third-order valence-electron chi connectivity index (χ3n) is 1.83. The van der Waals surface area contributed by atoms with Gasteiger partial charge in [-0.1, -0.05) is 0 Å². The van der Waals surface area contributed by atoms with Gasteiger partial charge in [0, 0.05) is 10.2 Å². The molecule has 94 valence electrons. The van der Waals surface area contributed by atoms with E-state index in [1.807, 2.05) is 0 Å². The Morgan fingerprint density at radius 3 is 2.65 bits per heavy atom. The highest BCUT2D eigenvalue weighted by atomic mass is 79.9. The fraction of sp³-hybridized carbons (Fsp3) is 0.300. The molecule has 0 saturated carbocycles. The minimum absolute atomic E-state index is 0.104. The van der Waals surface area contributed by atoms with Crippen LogP contribution in [0.5, 0.6) is 0 Å². The monoisotopic (exact) mass is 311 g/mol. The molecule has 0 aromatic heterocycles. The second kappa shape index (κ2) is 5.39. The minimum atomic E-state index is -4.34. The first-order valence-electron chi connectivity index (χ1n) is 4.58. The molecule has 0 heterocycles. The van der Waals surface area contributed by atoms with Crippen molar-refractivity contribution in [2.24, 2.45) is 0 Å². The zero-order chi connectivity index (χ0) is 13.1. The predicted octanol–water partition coefficient (Wildman–Crippen LogP) is 3.14. The predicted molar refractivity (Wildman–Crippen MR) is 59.5 cm³/mol. The van der Waals surface area contributed by atoms with Crippen LogP contribution in [0.1, 0.15) is 16.8 Å². The molecule has 1 rings (SSSR count). The van der Waals surface area contributed by atoms with E-state index in [1.54, 1.807) is 6.07 Å². The van der Waals surface area contributed by atoms with Gasteiger partial charge in [0.25, 0.3) is 0 Å². The van der Waals surface area contributed by atoms with Gasteiger partial charge in [-0.05, 0) is 34.1 Å². The van der Waals surface area contributed by atoms with Crippen LogP contribution in [0.25, 0.3) is 0 Å². The smallest absolute Gasteiger partial charge is 0.392 e. The van der Waals surface area contributed by atoms with Crippen molar-refractivity contribution in [3.63, 3.8) is 0 Å². The summed E-state index contributed by atoms with van der Waals surface area (Å²) >= 11 is 3.08. The van der Waals surface area contributed by atoms with Gasteiger partial charge >= 0.3 is 12.1 Å². The van der Waals surface area contributed by atoms with Crippen LogP contribution in [0.2, 0.25) is 0 Å². The Hall–Kier alpha value is -1.24. The Morgan fingerprint density at radius 1 is 1.41 bits per heavy atom. The number of hydrogen-bond donors (Lipinski definition) is 1. The van der Waals surface area contributed by atoms with Crippen LogP contribution in [-0.4, -0.2) is 18.8 Å². The molecule has 0 aliphatic heterocycles. The van der Waals surface area contributed by atoms with Crippen molar-refractivity contribution in [3.8, 4) is 0 Å². The maximum Gasteiger partial charge on any atom is 0.392 e. The number of halogens is 4. The van der Waals surface area contributed by atoms with Crippen LogP contribution in [0.15, 0.2) is 22.7 Å². The number of rotatable bonds is 3.